The zero-order valence-electron chi connectivity index (χ0n) is 16.5. The van der Waals surface area contributed by atoms with Crippen molar-refractivity contribution >= 4 is 33.2 Å². The Morgan fingerprint density at radius 1 is 1.32 bits per heavy atom. The Kier molecular flexibility index (Phi) is 5.48. The first-order valence-corrected chi connectivity index (χ1v) is 11.1. The van der Waals surface area contributed by atoms with E-state index in [4.69, 9.17) is 0 Å². The number of aromatic nitrogens is 4. The maximum absolute atomic E-state index is 12.6. The Balaban J connectivity index is 1.48. The molecular formula is C20H27N5O2S. The van der Waals surface area contributed by atoms with Crippen LogP contribution in [0.15, 0.2) is 16.2 Å². The molecule has 4 rings (SSSR count). The number of thiophene rings is 1. The van der Waals surface area contributed by atoms with E-state index in [0.717, 1.165) is 22.5 Å². The zero-order chi connectivity index (χ0) is 19.7. The lowest BCUT2D eigenvalue weighted by atomic mass is 9.86. The summed E-state index contributed by atoms with van der Waals surface area (Å²) < 4.78 is 4.35. The molecule has 3 aromatic heterocycles. The van der Waals surface area contributed by atoms with Crippen molar-refractivity contribution in [2.24, 2.45) is 5.92 Å². The number of carbonyl (C=O) groups is 1. The molecule has 7 nitrogen and oxygen atoms in total. The first-order valence-electron chi connectivity index (χ1n) is 10.2. The molecule has 0 radical (unpaired) electrons. The Bertz CT molecular complexity index is 1050. The van der Waals surface area contributed by atoms with Crippen molar-refractivity contribution in [3.05, 3.63) is 27.6 Å². The van der Waals surface area contributed by atoms with Crippen LogP contribution in [0.2, 0.25) is 0 Å². The highest BCUT2D eigenvalue weighted by atomic mass is 32.1. The van der Waals surface area contributed by atoms with Crippen molar-refractivity contribution in [1.82, 2.24) is 24.5 Å². The fraction of sp³-hybridized carbons (Fsp3) is 0.600. The molecule has 0 unspecified atom stereocenters. The van der Waals surface area contributed by atoms with Crippen LogP contribution in [0.3, 0.4) is 0 Å². The van der Waals surface area contributed by atoms with Crippen LogP contribution < -0.4 is 10.9 Å². The molecular weight excluding hydrogens is 374 g/mol. The van der Waals surface area contributed by atoms with E-state index in [0.29, 0.717) is 43.5 Å². The van der Waals surface area contributed by atoms with Gasteiger partial charge in [-0.05, 0) is 43.6 Å². The third-order valence-electron chi connectivity index (χ3n) is 5.86. The molecule has 0 aliphatic heterocycles. The largest absolute Gasteiger partial charge is 0.353 e. The van der Waals surface area contributed by atoms with Crippen molar-refractivity contribution in [3.63, 3.8) is 0 Å². The van der Waals surface area contributed by atoms with Gasteiger partial charge in [0.1, 0.15) is 10.5 Å². The average Bonchev–Trinajstić information content (AvgIpc) is 3.31. The molecule has 8 heteroatoms. The number of hydrogen-bond donors (Lipinski definition) is 1. The lowest BCUT2D eigenvalue weighted by Crippen LogP contribution is -2.40. The fourth-order valence-electron chi connectivity index (χ4n) is 4.24. The molecule has 1 saturated carbocycles. The van der Waals surface area contributed by atoms with Gasteiger partial charge in [-0.3, -0.25) is 18.6 Å². The minimum Gasteiger partial charge on any atom is -0.353 e. The van der Waals surface area contributed by atoms with Gasteiger partial charge >= 0.3 is 0 Å². The smallest absolute Gasteiger partial charge is 0.272 e. The van der Waals surface area contributed by atoms with E-state index in [2.05, 4.69) is 22.4 Å². The highest BCUT2D eigenvalue weighted by Crippen LogP contribution is 2.24. The van der Waals surface area contributed by atoms with Crippen molar-refractivity contribution in [1.29, 1.82) is 0 Å². The predicted octanol–water partition coefficient (Wildman–Crippen LogP) is 3.14. The van der Waals surface area contributed by atoms with Gasteiger partial charge in [0, 0.05) is 25.4 Å². The molecule has 1 amide bonds. The number of amides is 1. The van der Waals surface area contributed by atoms with Crippen molar-refractivity contribution in [2.45, 2.75) is 71.4 Å². The van der Waals surface area contributed by atoms with Gasteiger partial charge in [-0.1, -0.05) is 19.8 Å². The third kappa shape index (κ3) is 3.45. The Labute approximate surface area is 167 Å². The number of hydrogen-bond acceptors (Lipinski definition) is 5. The second kappa shape index (κ2) is 8.03. The van der Waals surface area contributed by atoms with Crippen molar-refractivity contribution < 1.29 is 4.79 Å². The maximum Gasteiger partial charge on any atom is 0.272 e. The molecule has 0 spiro atoms. The highest BCUT2D eigenvalue weighted by molar-refractivity contribution is 7.17. The van der Waals surface area contributed by atoms with Gasteiger partial charge < -0.3 is 5.32 Å². The quantitative estimate of drug-likeness (QED) is 0.688. The van der Waals surface area contributed by atoms with Gasteiger partial charge in [0.05, 0.1) is 5.52 Å². The fourth-order valence-corrected chi connectivity index (χ4v) is 5.07. The molecule has 1 aliphatic rings. The first kappa shape index (κ1) is 19.1. The summed E-state index contributed by atoms with van der Waals surface area (Å²) in [5.41, 5.74) is 0.843. The summed E-state index contributed by atoms with van der Waals surface area (Å²) in [6, 6.07) is 2.26. The minimum absolute atomic E-state index is 0.0140. The van der Waals surface area contributed by atoms with E-state index in [1.165, 1.54) is 30.6 Å². The summed E-state index contributed by atoms with van der Waals surface area (Å²) in [5, 5.41) is 13.7. The van der Waals surface area contributed by atoms with Crippen LogP contribution in [0.4, 0.5) is 0 Å². The number of carbonyl (C=O) groups excluding carboxylic acids is 1. The summed E-state index contributed by atoms with van der Waals surface area (Å²) in [7, 11) is 0. The molecule has 1 aliphatic carbocycles. The topological polar surface area (TPSA) is 81.3 Å². The lowest BCUT2D eigenvalue weighted by Gasteiger charge is -2.29. The predicted molar refractivity (Wildman–Crippen MR) is 111 cm³/mol. The van der Waals surface area contributed by atoms with Gasteiger partial charge in [-0.15, -0.1) is 21.5 Å². The maximum atomic E-state index is 12.6. The molecule has 3 aromatic rings. The van der Waals surface area contributed by atoms with Gasteiger partial charge in [-0.25, -0.2) is 0 Å². The standard InChI is InChI=1S/C20H27N5O2S/c1-3-24-19(27)18-15(11-12-28-18)25-16(22-23-20(24)25)9-6-10-17(26)21-14-8-5-4-7-13(14)2/h11-14H,3-10H2,1-2H3,(H,21,26)/t13-,14-/m0/s1. The zero-order valence-corrected chi connectivity index (χ0v) is 17.3. The normalized spacial score (nSPS) is 20.1. The van der Waals surface area contributed by atoms with E-state index in [-0.39, 0.29) is 11.5 Å². The van der Waals surface area contributed by atoms with E-state index >= 15 is 0 Å². The molecule has 1 N–H and O–H groups in total. The molecule has 0 saturated heterocycles. The number of aryl methyl sites for hydroxylation is 2. The number of rotatable bonds is 6. The Morgan fingerprint density at radius 2 is 2.14 bits per heavy atom. The van der Waals surface area contributed by atoms with Gasteiger partial charge in [0.15, 0.2) is 0 Å². The summed E-state index contributed by atoms with van der Waals surface area (Å²) in [5.74, 6) is 2.07. The summed E-state index contributed by atoms with van der Waals surface area (Å²) in [6.45, 7) is 4.72. The second-order valence-electron chi connectivity index (χ2n) is 7.73. The van der Waals surface area contributed by atoms with Crippen molar-refractivity contribution in [2.75, 3.05) is 0 Å². The minimum atomic E-state index is -0.0140. The molecule has 2 atom stereocenters. The number of nitrogens with zero attached hydrogens (tertiary/aromatic N) is 4. The molecule has 150 valence electrons. The van der Waals surface area contributed by atoms with Crippen LogP contribution >= 0.6 is 11.3 Å². The molecule has 1 fully saturated rings. The average molecular weight is 402 g/mol. The van der Waals surface area contributed by atoms with Crippen LogP contribution in [-0.4, -0.2) is 31.1 Å². The first-order chi connectivity index (χ1) is 13.6. The van der Waals surface area contributed by atoms with E-state index in [1.807, 2.05) is 22.8 Å². The van der Waals surface area contributed by atoms with E-state index < -0.39 is 0 Å². The van der Waals surface area contributed by atoms with Gasteiger partial charge in [0.2, 0.25) is 11.7 Å². The SMILES string of the molecule is CCn1c(=O)c2sccc2n2c(CCCC(=O)N[C@H]3CCCC[C@@H]3C)nnc12. The molecule has 28 heavy (non-hydrogen) atoms. The van der Waals surface area contributed by atoms with E-state index in [9.17, 15) is 9.59 Å². The summed E-state index contributed by atoms with van der Waals surface area (Å²) >= 11 is 1.44. The molecule has 3 heterocycles. The van der Waals surface area contributed by atoms with E-state index in [1.54, 1.807) is 4.57 Å². The van der Waals surface area contributed by atoms with Crippen molar-refractivity contribution in [3.8, 4) is 0 Å². The van der Waals surface area contributed by atoms with Crippen LogP contribution in [0, 0.1) is 5.92 Å². The monoisotopic (exact) mass is 401 g/mol. The summed E-state index contributed by atoms with van der Waals surface area (Å²) in [6.07, 6.45) is 6.62. The number of nitrogens with one attached hydrogen (secondary N) is 1. The van der Waals surface area contributed by atoms with Crippen LogP contribution in [0.5, 0.6) is 0 Å². The highest BCUT2D eigenvalue weighted by Gasteiger charge is 2.23. The van der Waals surface area contributed by atoms with Gasteiger partial charge in [-0.2, -0.15) is 0 Å². The Morgan fingerprint density at radius 3 is 2.93 bits per heavy atom. The second-order valence-corrected chi connectivity index (χ2v) is 8.64. The van der Waals surface area contributed by atoms with Crippen LogP contribution in [0.25, 0.3) is 16.0 Å². The lowest BCUT2D eigenvalue weighted by molar-refractivity contribution is -0.122. The number of fused-ring (bicyclic) bond motifs is 3. The van der Waals surface area contributed by atoms with Crippen LogP contribution in [0.1, 0.15) is 58.2 Å². The Hall–Kier alpha value is -2.22. The summed E-state index contributed by atoms with van der Waals surface area (Å²) in [4.78, 5) is 25.0. The molecule has 0 aromatic carbocycles. The molecule has 0 bridgehead atoms. The van der Waals surface area contributed by atoms with Crippen LogP contribution in [-0.2, 0) is 17.8 Å². The van der Waals surface area contributed by atoms with Gasteiger partial charge in [0.25, 0.3) is 5.56 Å². The third-order valence-corrected chi connectivity index (χ3v) is 6.75.